The Labute approximate surface area is 184 Å². The zero-order chi connectivity index (χ0) is 21.1. The molecule has 1 saturated heterocycles. The van der Waals surface area contributed by atoms with Crippen LogP contribution in [-0.4, -0.2) is 65.6 Å². The van der Waals surface area contributed by atoms with Gasteiger partial charge in [-0.15, -0.1) is 0 Å². The molecule has 158 valence electrons. The van der Waals surface area contributed by atoms with Crippen LogP contribution in [0.3, 0.4) is 0 Å². The topological polar surface area (TPSA) is 70.7 Å². The molecule has 0 spiro atoms. The lowest BCUT2D eigenvalue weighted by Crippen LogP contribution is -2.49. The number of fused-ring (bicyclic) bond motifs is 1. The first-order chi connectivity index (χ1) is 14.5. The lowest BCUT2D eigenvalue weighted by molar-refractivity contribution is -0.135. The molecule has 0 radical (unpaired) electrons. The van der Waals surface area contributed by atoms with E-state index in [0.29, 0.717) is 35.4 Å². The minimum Gasteiger partial charge on any atom is -0.497 e. The van der Waals surface area contributed by atoms with E-state index in [2.05, 4.69) is 14.9 Å². The van der Waals surface area contributed by atoms with Gasteiger partial charge in [-0.25, -0.2) is 4.98 Å². The molecule has 2 aromatic carbocycles. The predicted molar refractivity (Wildman–Crippen MR) is 116 cm³/mol. The van der Waals surface area contributed by atoms with Gasteiger partial charge in [0, 0.05) is 37.3 Å². The number of benzene rings is 2. The van der Waals surface area contributed by atoms with Crippen molar-refractivity contribution < 1.29 is 14.3 Å². The number of hydrogen-bond acceptors (Lipinski definition) is 5. The van der Waals surface area contributed by atoms with Crippen LogP contribution in [0.2, 0.25) is 10.0 Å². The number of methoxy groups -OCH3 is 1. The summed E-state index contributed by atoms with van der Waals surface area (Å²) in [5.74, 6) is 2.09. The number of aromatic nitrogens is 2. The Morgan fingerprint density at radius 1 is 1.13 bits per heavy atom. The van der Waals surface area contributed by atoms with Crippen LogP contribution < -0.4 is 9.47 Å². The van der Waals surface area contributed by atoms with Gasteiger partial charge in [-0.05, 0) is 30.3 Å². The molecule has 9 heteroatoms. The second-order valence-electron chi connectivity index (χ2n) is 7.09. The van der Waals surface area contributed by atoms with E-state index in [-0.39, 0.29) is 12.5 Å². The average molecular weight is 449 g/mol. The van der Waals surface area contributed by atoms with Crippen LogP contribution in [0.5, 0.6) is 11.5 Å². The van der Waals surface area contributed by atoms with Gasteiger partial charge in [0.1, 0.15) is 17.3 Å². The minimum atomic E-state index is -0.0588. The van der Waals surface area contributed by atoms with E-state index >= 15 is 0 Å². The highest BCUT2D eigenvalue weighted by atomic mass is 35.5. The third-order valence-corrected chi connectivity index (χ3v) is 5.61. The number of carbonyl (C=O) groups is 1. The third kappa shape index (κ3) is 4.80. The van der Waals surface area contributed by atoms with E-state index < -0.39 is 0 Å². The molecule has 1 aliphatic rings. The van der Waals surface area contributed by atoms with E-state index in [1.807, 2.05) is 23.1 Å². The van der Waals surface area contributed by atoms with Gasteiger partial charge in [-0.2, -0.15) is 0 Å². The largest absolute Gasteiger partial charge is 0.497 e. The summed E-state index contributed by atoms with van der Waals surface area (Å²) in [7, 11) is 1.65. The molecule has 1 aromatic heterocycles. The Bertz CT molecular complexity index is 1050. The van der Waals surface area contributed by atoms with Gasteiger partial charge in [-0.1, -0.05) is 23.2 Å². The number of halogens is 2. The number of rotatable bonds is 6. The van der Waals surface area contributed by atoms with Crippen molar-refractivity contribution in [1.29, 1.82) is 0 Å². The molecular formula is C21H22Cl2N4O3. The average Bonchev–Trinajstić information content (AvgIpc) is 3.14. The van der Waals surface area contributed by atoms with Crippen LogP contribution >= 0.6 is 23.2 Å². The normalized spacial score (nSPS) is 14.8. The maximum Gasteiger partial charge on any atom is 0.260 e. The highest BCUT2D eigenvalue weighted by Gasteiger charge is 2.22. The summed E-state index contributed by atoms with van der Waals surface area (Å²) in [4.78, 5) is 24.5. The van der Waals surface area contributed by atoms with Gasteiger partial charge in [0.25, 0.3) is 5.91 Å². The standard InChI is InChI=1S/C21H22Cl2N4O3/c1-29-15-3-4-17-18(11-15)25-20(24-17)12-26-6-8-27(9-7-26)21(28)13-30-19-5-2-14(22)10-16(19)23/h2-5,10-11H,6-9,12-13H2,1H3,(H,24,25). The fourth-order valence-corrected chi connectivity index (χ4v) is 3.90. The quantitative estimate of drug-likeness (QED) is 0.623. The van der Waals surface area contributed by atoms with Crippen molar-refractivity contribution >= 4 is 40.1 Å². The Balaban J connectivity index is 1.27. The molecule has 0 saturated carbocycles. The second-order valence-corrected chi connectivity index (χ2v) is 7.93. The molecule has 1 N–H and O–H groups in total. The lowest BCUT2D eigenvalue weighted by atomic mass is 10.3. The van der Waals surface area contributed by atoms with E-state index in [9.17, 15) is 4.79 Å². The SMILES string of the molecule is COc1ccc2nc(CN3CCN(C(=O)COc4ccc(Cl)cc4Cl)CC3)[nH]c2c1. The van der Waals surface area contributed by atoms with Crippen molar-refractivity contribution in [2.75, 3.05) is 39.9 Å². The Morgan fingerprint density at radius 2 is 1.93 bits per heavy atom. The van der Waals surface area contributed by atoms with E-state index in [0.717, 1.165) is 35.7 Å². The Morgan fingerprint density at radius 3 is 2.67 bits per heavy atom. The van der Waals surface area contributed by atoms with E-state index in [4.69, 9.17) is 32.7 Å². The molecule has 3 aromatic rings. The summed E-state index contributed by atoms with van der Waals surface area (Å²) >= 11 is 12.0. The summed E-state index contributed by atoms with van der Waals surface area (Å²) in [5, 5.41) is 0.918. The summed E-state index contributed by atoms with van der Waals surface area (Å²) < 4.78 is 10.8. The molecule has 0 atom stereocenters. The smallest absolute Gasteiger partial charge is 0.260 e. The molecule has 0 aliphatic carbocycles. The van der Waals surface area contributed by atoms with Crippen molar-refractivity contribution in [3.8, 4) is 11.5 Å². The van der Waals surface area contributed by atoms with E-state index in [1.165, 1.54) is 0 Å². The zero-order valence-corrected chi connectivity index (χ0v) is 18.0. The fourth-order valence-electron chi connectivity index (χ4n) is 3.43. The van der Waals surface area contributed by atoms with Crippen LogP contribution in [-0.2, 0) is 11.3 Å². The number of aromatic amines is 1. The fraction of sp³-hybridized carbons (Fsp3) is 0.333. The van der Waals surface area contributed by atoms with Crippen molar-refractivity contribution in [2.45, 2.75) is 6.54 Å². The van der Waals surface area contributed by atoms with Gasteiger partial charge >= 0.3 is 0 Å². The van der Waals surface area contributed by atoms with Gasteiger partial charge in [0.15, 0.2) is 6.61 Å². The number of carbonyl (C=O) groups excluding carboxylic acids is 1. The number of hydrogen-bond donors (Lipinski definition) is 1. The summed E-state index contributed by atoms with van der Waals surface area (Å²) in [6.07, 6.45) is 0. The van der Waals surface area contributed by atoms with Crippen LogP contribution in [0.15, 0.2) is 36.4 Å². The summed E-state index contributed by atoms with van der Waals surface area (Å²) in [5.41, 5.74) is 1.87. The van der Waals surface area contributed by atoms with Crippen molar-refractivity contribution in [3.63, 3.8) is 0 Å². The van der Waals surface area contributed by atoms with E-state index in [1.54, 1.807) is 25.3 Å². The molecule has 2 heterocycles. The maximum atomic E-state index is 12.5. The monoisotopic (exact) mass is 448 g/mol. The summed E-state index contributed by atoms with van der Waals surface area (Å²) in [6, 6.07) is 10.7. The number of imidazole rings is 1. The first-order valence-corrected chi connectivity index (χ1v) is 10.4. The highest BCUT2D eigenvalue weighted by molar-refractivity contribution is 6.35. The van der Waals surface area contributed by atoms with Crippen molar-refractivity contribution in [3.05, 3.63) is 52.3 Å². The third-order valence-electron chi connectivity index (χ3n) is 5.08. The number of ether oxygens (including phenoxy) is 2. The molecule has 1 amide bonds. The molecule has 1 fully saturated rings. The van der Waals surface area contributed by atoms with Gasteiger partial charge in [-0.3, -0.25) is 9.69 Å². The van der Waals surface area contributed by atoms with Crippen molar-refractivity contribution in [2.24, 2.45) is 0 Å². The molecule has 0 bridgehead atoms. The Kier molecular flexibility index (Phi) is 6.32. The summed E-state index contributed by atoms with van der Waals surface area (Å²) in [6.45, 7) is 3.49. The van der Waals surface area contributed by atoms with Gasteiger partial charge in [0.2, 0.25) is 0 Å². The first kappa shape index (κ1) is 20.8. The molecule has 0 unspecified atom stereocenters. The van der Waals surface area contributed by atoms with Crippen molar-refractivity contribution in [1.82, 2.24) is 19.8 Å². The molecule has 4 rings (SSSR count). The predicted octanol–water partition coefficient (Wildman–Crippen LogP) is 3.60. The Hall–Kier alpha value is -2.48. The lowest BCUT2D eigenvalue weighted by Gasteiger charge is -2.34. The highest BCUT2D eigenvalue weighted by Crippen LogP contribution is 2.27. The van der Waals surface area contributed by atoms with Crippen LogP contribution in [0.25, 0.3) is 11.0 Å². The van der Waals surface area contributed by atoms with Crippen LogP contribution in [0, 0.1) is 0 Å². The van der Waals surface area contributed by atoms with Crippen LogP contribution in [0.1, 0.15) is 5.82 Å². The maximum absolute atomic E-state index is 12.5. The molecular weight excluding hydrogens is 427 g/mol. The van der Waals surface area contributed by atoms with Gasteiger partial charge in [0.05, 0.1) is 29.7 Å². The number of nitrogens with one attached hydrogen (secondary N) is 1. The first-order valence-electron chi connectivity index (χ1n) is 9.62. The number of piperazine rings is 1. The van der Waals surface area contributed by atoms with Crippen LogP contribution in [0.4, 0.5) is 0 Å². The number of amides is 1. The zero-order valence-electron chi connectivity index (χ0n) is 16.5. The van der Waals surface area contributed by atoms with Gasteiger partial charge < -0.3 is 19.4 Å². The minimum absolute atomic E-state index is 0.0489. The number of H-pyrrole nitrogens is 1. The second kappa shape index (κ2) is 9.12. The number of nitrogens with zero attached hydrogens (tertiary/aromatic N) is 3. The molecule has 30 heavy (non-hydrogen) atoms. The molecule has 1 aliphatic heterocycles. The molecule has 7 nitrogen and oxygen atoms in total.